The summed E-state index contributed by atoms with van der Waals surface area (Å²) in [5.74, 6) is 0. The zero-order valence-corrected chi connectivity index (χ0v) is 14.4. The summed E-state index contributed by atoms with van der Waals surface area (Å²) in [6.07, 6.45) is 7.98. The Hall–Kier alpha value is -1.70. The summed E-state index contributed by atoms with van der Waals surface area (Å²) in [6, 6.07) is 8.14. The van der Waals surface area contributed by atoms with Crippen molar-refractivity contribution in [3.63, 3.8) is 0 Å². The molecule has 7 heteroatoms. The first-order valence-electron chi connectivity index (χ1n) is 8.44. The van der Waals surface area contributed by atoms with Crippen molar-refractivity contribution in [2.24, 2.45) is 0 Å². The number of nitrogens with zero attached hydrogens (tertiary/aromatic N) is 4. The highest BCUT2D eigenvalue weighted by atomic mass is 32.2. The average molecular weight is 346 g/mol. The Bertz CT molecular complexity index is 804. The molecule has 2 aliphatic heterocycles. The Morgan fingerprint density at radius 2 is 2.00 bits per heavy atom. The fourth-order valence-corrected chi connectivity index (χ4v) is 5.58. The van der Waals surface area contributed by atoms with Gasteiger partial charge in [0.1, 0.15) is 0 Å². The third-order valence-corrected chi connectivity index (χ3v) is 7.06. The second kappa shape index (κ2) is 6.31. The van der Waals surface area contributed by atoms with Crippen LogP contribution in [0.2, 0.25) is 0 Å². The Kier molecular flexibility index (Phi) is 4.15. The maximum absolute atomic E-state index is 13.2. The van der Waals surface area contributed by atoms with Gasteiger partial charge in [0.2, 0.25) is 0 Å². The van der Waals surface area contributed by atoms with E-state index in [-0.39, 0.29) is 6.04 Å². The molecule has 1 aromatic heterocycles. The second-order valence-corrected chi connectivity index (χ2v) is 8.41. The lowest BCUT2D eigenvalue weighted by Crippen LogP contribution is -2.48. The van der Waals surface area contributed by atoms with Gasteiger partial charge in [0.15, 0.2) is 0 Å². The highest BCUT2D eigenvalue weighted by Gasteiger charge is 2.39. The SMILES string of the molecule is O=S(=O)(N1CCc2ccccc2C1)N1CCCC1Cn1ccnc1. The van der Waals surface area contributed by atoms with E-state index in [1.165, 1.54) is 5.56 Å². The summed E-state index contributed by atoms with van der Waals surface area (Å²) in [5.41, 5.74) is 2.39. The molecule has 128 valence electrons. The molecule has 6 nitrogen and oxygen atoms in total. The molecule has 2 aromatic rings. The molecule has 0 aliphatic carbocycles. The molecular formula is C17H22N4O2S. The van der Waals surface area contributed by atoms with Crippen LogP contribution in [-0.2, 0) is 29.7 Å². The number of hydrogen-bond acceptors (Lipinski definition) is 3. The molecule has 0 radical (unpaired) electrons. The third kappa shape index (κ3) is 2.87. The quantitative estimate of drug-likeness (QED) is 0.846. The molecule has 24 heavy (non-hydrogen) atoms. The van der Waals surface area contributed by atoms with E-state index >= 15 is 0 Å². The van der Waals surface area contributed by atoms with E-state index in [9.17, 15) is 8.42 Å². The highest BCUT2D eigenvalue weighted by molar-refractivity contribution is 7.86. The van der Waals surface area contributed by atoms with E-state index in [1.807, 2.05) is 29.0 Å². The molecule has 0 amide bonds. The maximum Gasteiger partial charge on any atom is 0.282 e. The lowest BCUT2D eigenvalue weighted by molar-refractivity contribution is 0.298. The fraction of sp³-hybridized carbons (Fsp3) is 0.471. The number of imidazole rings is 1. The smallest absolute Gasteiger partial charge is 0.282 e. The highest BCUT2D eigenvalue weighted by Crippen LogP contribution is 2.28. The predicted molar refractivity (Wildman–Crippen MR) is 91.4 cm³/mol. The van der Waals surface area contributed by atoms with Gasteiger partial charge in [-0.05, 0) is 30.4 Å². The molecule has 3 heterocycles. The maximum atomic E-state index is 13.2. The Labute approximate surface area is 142 Å². The number of benzene rings is 1. The third-order valence-electron chi connectivity index (χ3n) is 5.02. The van der Waals surface area contributed by atoms with Crippen LogP contribution >= 0.6 is 0 Å². The van der Waals surface area contributed by atoms with Crippen LogP contribution < -0.4 is 0 Å². The summed E-state index contributed by atoms with van der Waals surface area (Å²) in [4.78, 5) is 4.05. The van der Waals surface area contributed by atoms with Gasteiger partial charge in [0, 0.05) is 44.6 Å². The van der Waals surface area contributed by atoms with Crippen LogP contribution in [0.25, 0.3) is 0 Å². The molecule has 0 bridgehead atoms. The monoisotopic (exact) mass is 346 g/mol. The molecule has 4 rings (SSSR count). The van der Waals surface area contributed by atoms with Crippen LogP contribution in [0.5, 0.6) is 0 Å². The molecule has 0 spiro atoms. The van der Waals surface area contributed by atoms with Crippen LogP contribution in [0.15, 0.2) is 43.0 Å². The molecule has 1 unspecified atom stereocenters. The van der Waals surface area contributed by atoms with E-state index in [1.54, 1.807) is 21.1 Å². The average Bonchev–Trinajstić information content (AvgIpc) is 3.27. The number of hydrogen-bond donors (Lipinski definition) is 0. The van der Waals surface area contributed by atoms with Crippen molar-refractivity contribution in [3.8, 4) is 0 Å². The van der Waals surface area contributed by atoms with Crippen molar-refractivity contribution in [3.05, 3.63) is 54.1 Å². The molecule has 0 N–H and O–H groups in total. The summed E-state index contributed by atoms with van der Waals surface area (Å²) in [5, 5.41) is 0. The fourth-order valence-electron chi connectivity index (χ4n) is 3.75. The van der Waals surface area contributed by atoms with Crippen molar-refractivity contribution in [2.45, 2.75) is 38.4 Å². The molecule has 1 fully saturated rings. The first-order chi connectivity index (χ1) is 11.6. The van der Waals surface area contributed by atoms with Crippen molar-refractivity contribution in [2.75, 3.05) is 13.1 Å². The topological polar surface area (TPSA) is 58.4 Å². The number of fused-ring (bicyclic) bond motifs is 1. The molecule has 0 saturated carbocycles. The first-order valence-corrected chi connectivity index (χ1v) is 9.84. The largest absolute Gasteiger partial charge is 0.336 e. The van der Waals surface area contributed by atoms with Crippen LogP contribution in [0, 0.1) is 0 Å². The van der Waals surface area contributed by atoms with Crippen LogP contribution in [0.1, 0.15) is 24.0 Å². The van der Waals surface area contributed by atoms with E-state index in [0.717, 1.165) is 24.8 Å². The van der Waals surface area contributed by atoms with Crippen LogP contribution in [0.3, 0.4) is 0 Å². The van der Waals surface area contributed by atoms with Crippen molar-refractivity contribution in [1.29, 1.82) is 0 Å². The number of rotatable bonds is 4. The number of aromatic nitrogens is 2. The molecule has 1 atom stereocenters. The standard InChI is InChI=1S/C17H22N4O2S/c22-24(23,20-10-7-15-4-1-2-5-16(15)12-20)21-9-3-6-17(21)13-19-11-8-18-14-19/h1-2,4-5,8,11,14,17H,3,6-7,9-10,12-13H2. The minimum Gasteiger partial charge on any atom is -0.336 e. The van der Waals surface area contributed by atoms with Crippen LogP contribution in [0.4, 0.5) is 0 Å². The first kappa shape index (κ1) is 15.8. The lowest BCUT2D eigenvalue weighted by atomic mass is 10.0. The Morgan fingerprint density at radius 3 is 2.79 bits per heavy atom. The van der Waals surface area contributed by atoms with E-state index in [4.69, 9.17) is 0 Å². The Balaban J connectivity index is 1.54. The molecule has 1 saturated heterocycles. The van der Waals surface area contributed by atoms with Crippen LogP contribution in [-0.4, -0.2) is 45.7 Å². The van der Waals surface area contributed by atoms with E-state index in [0.29, 0.717) is 26.2 Å². The normalized spacial score (nSPS) is 22.6. The van der Waals surface area contributed by atoms with Crippen molar-refractivity contribution in [1.82, 2.24) is 18.2 Å². The van der Waals surface area contributed by atoms with Gasteiger partial charge in [-0.3, -0.25) is 0 Å². The summed E-state index contributed by atoms with van der Waals surface area (Å²) >= 11 is 0. The van der Waals surface area contributed by atoms with Gasteiger partial charge in [-0.1, -0.05) is 24.3 Å². The van der Waals surface area contributed by atoms with Gasteiger partial charge in [-0.25, -0.2) is 4.98 Å². The van der Waals surface area contributed by atoms with E-state index < -0.39 is 10.2 Å². The zero-order valence-electron chi connectivity index (χ0n) is 13.6. The van der Waals surface area contributed by atoms with Gasteiger partial charge in [-0.2, -0.15) is 17.0 Å². The van der Waals surface area contributed by atoms with Crippen molar-refractivity contribution >= 4 is 10.2 Å². The van der Waals surface area contributed by atoms with Gasteiger partial charge >= 0.3 is 0 Å². The van der Waals surface area contributed by atoms with Crippen molar-refractivity contribution < 1.29 is 8.42 Å². The molecule has 2 aliphatic rings. The summed E-state index contributed by atoms with van der Waals surface area (Å²) in [6.45, 7) is 2.32. The predicted octanol–water partition coefficient (Wildman–Crippen LogP) is 1.65. The lowest BCUT2D eigenvalue weighted by Gasteiger charge is -2.34. The minimum atomic E-state index is -3.42. The van der Waals surface area contributed by atoms with E-state index in [2.05, 4.69) is 11.1 Å². The summed E-state index contributed by atoms with van der Waals surface area (Å²) in [7, 11) is -3.42. The molecular weight excluding hydrogens is 324 g/mol. The molecule has 1 aromatic carbocycles. The van der Waals surface area contributed by atoms with Gasteiger partial charge in [-0.15, -0.1) is 0 Å². The van der Waals surface area contributed by atoms with Gasteiger partial charge < -0.3 is 4.57 Å². The Morgan fingerprint density at radius 1 is 1.17 bits per heavy atom. The minimum absolute atomic E-state index is 0.0152. The zero-order chi connectivity index (χ0) is 16.6. The summed E-state index contributed by atoms with van der Waals surface area (Å²) < 4.78 is 31.6. The second-order valence-electron chi connectivity index (χ2n) is 6.53. The van der Waals surface area contributed by atoms with Gasteiger partial charge in [0.05, 0.1) is 6.33 Å². The van der Waals surface area contributed by atoms with Gasteiger partial charge in [0.25, 0.3) is 10.2 Å².